The molecule has 1 aliphatic rings. The van der Waals surface area contributed by atoms with Gasteiger partial charge in [0, 0.05) is 24.3 Å². The molecule has 1 aliphatic heterocycles. The van der Waals surface area contributed by atoms with E-state index in [2.05, 4.69) is 31.0 Å². The van der Waals surface area contributed by atoms with Gasteiger partial charge < -0.3 is 10.2 Å². The summed E-state index contributed by atoms with van der Waals surface area (Å²) in [7, 11) is 1.92. The number of benzene rings is 1. The number of anilines is 1. The smallest absolute Gasteiger partial charge is 0.123 e. The van der Waals surface area contributed by atoms with Gasteiger partial charge >= 0.3 is 0 Å². The summed E-state index contributed by atoms with van der Waals surface area (Å²) in [6, 6.07) is 5.87. The van der Waals surface area contributed by atoms with Crippen molar-refractivity contribution in [2.24, 2.45) is 5.92 Å². The molecule has 0 saturated carbocycles. The summed E-state index contributed by atoms with van der Waals surface area (Å²) in [4.78, 5) is 2.43. The van der Waals surface area contributed by atoms with Crippen LogP contribution in [0.5, 0.6) is 0 Å². The average molecular weight is 264 g/mol. The first-order chi connectivity index (χ1) is 9.02. The van der Waals surface area contributed by atoms with Gasteiger partial charge in [-0.2, -0.15) is 0 Å². The van der Waals surface area contributed by atoms with Crippen molar-refractivity contribution in [3.8, 4) is 0 Å². The van der Waals surface area contributed by atoms with Crippen LogP contribution in [0.1, 0.15) is 45.2 Å². The number of rotatable bonds is 3. The Balaban J connectivity index is 2.33. The topological polar surface area (TPSA) is 15.3 Å². The van der Waals surface area contributed by atoms with Crippen molar-refractivity contribution in [2.45, 2.75) is 45.7 Å². The Kier molecular flexibility index (Phi) is 4.46. The summed E-state index contributed by atoms with van der Waals surface area (Å²) in [5.74, 6) is 0.635. The average Bonchev–Trinajstić information content (AvgIpc) is 2.38. The third-order valence-corrected chi connectivity index (χ3v) is 4.34. The van der Waals surface area contributed by atoms with E-state index < -0.39 is 0 Å². The minimum Gasteiger partial charge on any atom is -0.369 e. The van der Waals surface area contributed by atoms with Crippen LogP contribution in [0.3, 0.4) is 0 Å². The lowest BCUT2D eigenvalue weighted by atomic mass is 9.92. The molecule has 1 aromatic rings. The fourth-order valence-corrected chi connectivity index (χ4v) is 3.05. The van der Waals surface area contributed by atoms with E-state index in [-0.39, 0.29) is 11.9 Å². The van der Waals surface area contributed by atoms with Crippen LogP contribution in [-0.2, 0) is 0 Å². The van der Waals surface area contributed by atoms with Gasteiger partial charge in [-0.05, 0) is 63.4 Å². The molecule has 0 aromatic heterocycles. The van der Waals surface area contributed by atoms with Crippen LogP contribution in [0.2, 0.25) is 0 Å². The largest absolute Gasteiger partial charge is 0.369 e. The van der Waals surface area contributed by atoms with Crippen molar-refractivity contribution in [2.75, 3.05) is 18.5 Å². The Morgan fingerprint density at radius 2 is 2.11 bits per heavy atom. The molecule has 2 rings (SSSR count). The first-order valence-electron chi connectivity index (χ1n) is 7.26. The molecular weight excluding hydrogens is 239 g/mol. The van der Waals surface area contributed by atoms with Crippen molar-refractivity contribution in [3.63, 3.8) is 0 Å². The predicted octanol–water partition coefficient (Wildman–Crippen LogP) is 3.73. The van der Waals surface area contributed by atoms with E-state index in [1.54, 1.807) is 12.1 Å². The third kappa shape index (κ3) is 3.08. The van der Waals surface area contributed by atoms with Crippen molar-refractivity contribution >= 4 is 5.69 Å². The zero-order chi connectivity index (χ0) is 14.0. The Morgan fingerprint density at radius 1 is 1.37 bits per heavy atom. The maximum absolute atomic E-state index is 13.5. The van der Waals surface area contributed by atoms with E-state index in [9.17, 15) is 4.39 Å². The summed E-state index contributed by atoms with van der Waals surface area (Å²) >= 11 is 0. The van der Waals surface area contributed by atoms with Gasteiger partial charge in [0.05, 0.1) is 0 Å². The maximum Gasteiger partial charge on any atom is 0.123 e. The molecule has 1 N–H and O–H groups in total. The monoisotopic (exact) mass is 264 g/mol. The highest BCUT2D eigenvalue weighted by Gasteiger charge is 2.25. The molecule has 0 bridgehead atoms. The van der Waals surface area contributed by atoms with Crippen LogP contribution < -0.4 is 10.2 Å². The molecule has 0 amide bonds. The lowest BCUT2D eigenvalue weighted by molar-refractivity contribution is 0.376. The lowest BCUT2D eigenvalue weighted by Crippen LogP contribution is -2.41. The molecule has 19 heavy (non-hydrogen) atoms. The lowest BCUT2D eigenvalue weighted by Gasteiger charge is -2.40. The molecule has 3 heteroatoms. The zero-order valence-corrected chi connectivity index (χ0v) is 12.4. The van der Waals surface area contributed by atoms with Crippen LogP contribution in [-0.4, -0.2) is 19.6 Å². The SMILES string of the molecule is CNC(C)c1cc(F)ccc1N1CCC(C)CC1C. The van der Waals surface area contributed by atoms with Crippen LogP contribution in [0, 0.1) is 11.7 Å². The third-order valence-electron chi connectivity index (χ3n) is 4.34. The van der Waals surface area contributed by atoms with Crippen molar-refractivity contribution in [1.82, 2.24) is 5.32 Å². The highest BCUT2D eigenvalue weighted by atomic mass is 19.1. The Morgan fingerprint density at radius 3 is 2.74 bits per heavy atom. The quantitative estimate of drug-likeness (QED) is 0.895. The first-order valence-corrected chi connectivity index (χ1v) is 7.26. The van der Waals surface area contributed by atoms with Crippen molar-refractivity contribution in [3.05, 3.63) is 29.6 Å². The van der Waals surface area contributed by atoms with Gasteiger partial charge in [0.1, 0.15) is 5.82 Å². The van der Waals surface area contributed by atoms with Crippen molar-refractivity contribution < 1.29 is 4.39 Å². The van der Waals surface area contributed by atoms with Gasteiger partial charge in [-0.1, -0.05) is 6.92 Å². The summed E-state index contributed by atoms with van der Waals surface area (Å²) in [5, 5.41) is 3.22. The fourth-order valence-electron chi connectivity index (χ4n) is 3.05. The van der Waals surface area contributed by atoms with Gasteiger partial charge in [-0.15, -0.1) is 0 Å². The minimum atomic E-state index is -0.154. The van der Waals surface area contributed by atoms with E-state index in [0.717, 1.165) is 18.0 Å². The number of nitrogens with zero attached hydrogens (tertiary/aromatic N) is 1. The highest BCUT2D eigenvalue weighted by molar-refractivity contribution is 5.56. The van der Waals surface area contributed by atoms with Crippen LogP contribution in [0.4, 0.5) is 10.1 Å². The Labute approximate surface area is 116 Å². The molecule has 106 valence electrons. The molecular formula is C16H25FN2. The van der Waals surface area contributed by atoms with Gasteiger partial charge in [0.15, 0.2) is 0 Å². The molecule has 0 radical (unpaired) electrons. The summed E-state index contributed by atoms with van der Waals surface area (Å²) in [5.41, 5.74) is 2.24. The second-order valence-electron chi connectivity index (χ2n) is 5.89. The molecule has 0 spiro atoms. The second-order valence-corrected chi connectivity index (χ2v) is 5.89. The second kappa shape index (κ2) is 5.91. The number of halogens is 1. The van der Waals surface area contributed by atoms with Crippen LogP contribution in [0.25, 0.3) is 0 Å². The molecule has 1 heterocycles. The predicted molar refractivity (Wildman–Crippen MR) is 79.1 cm³/mol. The summed E-state index contributed by atoms with van der Waals surface area (Å²) < 4.78 is 13.5. The maximum atomic E-state index is 13.5. The highest BCUT2D eigenvalue weighted by Crippen LogP contribution is 2.33. The minimum absolute atomic E-state index is 0.154. The zero-order valence-electron chi connectivity index (χ0n) is 12.4. The molecule has 1 saturated heterocycles. The normalized spacial score (nSPS) is 25.4. The van der Waals surface area contributed by atoms with Gasteiger partial charge in [0.2, 0.25) is 0 Å². The number of piperidine rings is 1. The summed E-state index contributed by atoms with van der Waals surface area (Å²) in [6.07, 6.45) is 2.43. The van der Waals surface area contributed by atoms with Crippen molar-refractivity contribution in [1.29, 1.82) is 0 Å². The Hall–Kier alpha value is -1.09. The first kappa shape index (κ1) is 14.3. The molecule has 3 atom stereocenters. The number of nitrogens with one attached hydrogen (secondary N) is 1. The van der Waals surface area contributed by atoms with Gasteiger partial charge in [0.25, 0.3) is 0 Å². The fraction of sp³-hybridized carbons (Fsp3) is 0.625. The van der Waals surface area contributed by atoms with Gasteiger partial charge in [-0.3, -0.25) is 0 Å². The molecule has 0 aliphatic carbocycles. The van der Waals surface area contributed by atoms with E-state index in [0.29, 0.717) is 6.04 Å². The molecule has 1 fully saturated rings. The number of hydrogen-bond acceptors (Lipinski definition) is 2. The molecule has 2 nitrogen and oxygen atoms in total. The van der Waals surface area contributed by atoms with E-state index in [4.69, 9.17) is 0 Å². The molecule has 1 aromatic carbocycles. The standard InChI is InChI=1S/C16H25FN2/c1-11-7-8-19(12(2)9-11)16-6-5-14(17)10-15(16)13(3)18-4/h5-6,10-13,18H,7-9H2,1-4H3. The van der Waals surface area contributed by atoms with Crippen LogP contribution >= 0.6 is 0 Å². The molecule has 3 unspecified atom stereocenters. The number of hydrogen-bond donors (Lipinski definition) is 1. The van der Waals surface area contributed by atoms with E-state index >= 15 is 0 Å². The Bertz CT molecular complexity index is 433. The summed E-state index contributed by atoms with van der Waals surface area (Å²) in [6.45, 7) is 7.73. The van der Waals surface area contributed by atoms with E-state index in [1.165, 1.54) is 18.5 Å². The van der Waals surface area contributed by atoms with Gasteiger partial charge in [-0.25, -0.2) is 4.39 Å². The van der Waals surface area contributed by atoms with Crippen LogP contribution in [0.15, 0.2) is 18.2 Å². The van der Waals surface area contributed by atoms with E-state index in [1.807, 2.05) is 13.1 Å².